The van der Waals surface area contributed by atoms with E-state index in [1.807, 2.05) is 0 Å². The molecule has 0 rings (SSSR count). The molecule has 0 heterocycles. The van der Waals surface area contributed by atoms with Crippen molar-refractivity contribution in [3.63, 3.8) is 0 Å². The van der Waals surface area contributed by atoms with Crippen molar-refractivity contribution in [1.29, 1.82) is 0 Å². The lowest BCUT2D eigenvalue weighted by Crippen LogP contribution is -2.08. The van der Waals surface area contributed by atoms with Crippen molar-refractivity contribution < 1.29 is 4.21 Å². The fourth-order valence-corrected chi connectivity index (χ4v) is 1.33. The van der Waals surface area contributed by atoms with Crippen LogP contribution in [0.5, 0.6) is 0 Å². The van der Waals surface area contributed by atoms with Crippen LogP contribution in [0.2, 0.25) is 0 Å². The fraction of sp³-hybridized carbons (Fsp3) is 1.00. The van der Waals surface area contributed by atoms with Crippen LogP contribution in [0.1, 0.15) is 6.42 Å². The molecule has 1 unspecified atom stereocenters. The second-order valence-electron chi connectivity index (χ2n) is 1.99. The molecule has 0 amide bonds. The van der Waals surface area contributed by atoms with Gasteiger partial charge in [0.25, 0.3) is 0 Å². The van der Waals surface area contributed by atoms with Crippen LogP contribution in [0.4, 0.5) is 0 Å². The molecular weight excluding hydrogens is 136 g/mol. The van der Waals surface area contributed by atoms with Crippen LogP contribution >= 0.6 is 0 Å². The highest BCUT2D eigenvalue weighted by Gasteiger charge is 1.95. The summed E-state index contributed by atoms with van der Waals surface area (Å²) in [5.41, 5.74) is 5.22. The van der Waals surface area contributed by atoms with E-state index in [9.17, 15) is 4.21 Å². The Kier molecular flexibility index (Phi) is 3.81. The van der Waals surface area contributed by atoms with Crippen molar-refractivity contribution >= 4 is 9.73 Å². The standard InChI is InChI=1S/C5H14N2OS/c1-7-9(2,8)5-3-4-6/h3-6H2,1-2H3. The Morgan fingerprint density at radius 1 is 1.67 bits per heavy atom. The molecule has 0 bridgehead atoms. The highest BCUT2D eigenvalue weighted by Crippen LogP contribution is 1.90. The minimum atomic E-state index is -1.89. The molecule has 0 aromatic rings. The SMILES string of the molecule is CN=S(C)(=O)CCCN. The van der Waals surface area contributed by atoms with Gasteiger partial charge in [-0.25, -0.2) is 4.36 Å². The third-order valence-electron chi connectivity index (χ3n) is 1.11. The van der Waals surface area contributed by atoms with E-state index in [0.717, 1.165) is 6.42 Å². The minimum Gasteiger partial charge on any atom is -0.330 e. The van der Waals surface area contributed by atoms with Gasteiger partial charge in [0.2, 0.25) is 0 Å². The van der Waals surface area contributed by atoms with E-state index in [0.29, 0.717) is 12.3 Å². The van der Waals surface area contributed by atoms with Crippen molar-refractivity contribution in [1.82, 2.24) is 0 Å². The molecule has 0 aromatic heterocycles. The summed E-state index contributed by atoms with van der Waals surface area (Å²) in [6.07, 6.45) is 2.45. The third-order valence-corrected chi connectivity index (χ3v) is 2.93. The number of nitrogens with zero attached hydrogens (tertiary/aromatic N) is 1. The molecule has 9 heavy (non-hydrogen) atoms. The van der Waals surface area contributed by atoms with Gasteiger partial charge in [-0.15, -0.1) is 0 Å². The van der Waals surface area contributed by atoms with Crippen LogP contribution in [0.3, 0.4) is 0 Å². The molecule has 0 saturated heterocycles. The smallest absolute Gasteiger partial charge is 0.0436 e. The lowest BCUT2D eigenvalue weighted by Gasteiger charge is -1.98. The molecule has 3 nitrogen and oxygen atoms in total. The van der Waals surface area contributed by atoms with Crippen molar-refractivity contribution in [3.8, 4) is 0 Å². The van der Waals surface area contributed by atoms with Crippen molar-refractivity contribution in [2.45, 2.75) is 6.42 Å². The van der Waals surface area contributed by atoms with E-state index in [1.165, 1.54) is 0 Å². The predicted molar refractivity (Wildman–Crippen MR) is 41.0 cm³/mol. The second kappa shape index (κ2) is 3.85. The summed E-state index contributed by atoms with van der Waals surface area (Å²) >= 11 is 0. The summed E-state index contributed by atoms with van der Waals surface area (Å²) in [7, 11) is -0.304. The molecule has 0 spiro atoms. The van der Waals surface area contributed by atoms with E-state index < -0.39 is 9.73 Å². The van der Waals surface area contributed by atoms with Gasteiger partial charge in [-0.2, -0.15) is 0 Å². The first-order chi connectivity index (χ1) is 4.12. The van der Waals surface area contributed by atoms with Gasteiger partial charge in [0.1, 0.15) is 0 Å². The van der Waals surface area contributed by atoms with Gasteiger partial charge in [0.05, 0.1) is 0 Å². The summed E-state index contributed by atoms with van der Waals surface area (Å²) < 4.78 is 14.8. The Hall–Kier alpha value is -0.0900. The lowest BCUT2D eigenvalue weighted by molar-refractivity contribution is 0.677. The molecule has 0 aromatic carbocycles. The van der Waals surface area contributed by atoms with E-state index in [-0.39, 0.29) is 0 Å². The van der Waals surface area contributed by atoms with Crippen molar-refractivity contribution in [2.75, 3.05) is 25.6 Å². The van der Waals surface area contributed by atoms with Crippen LogP contribution in [-0.2, 0) is 9.73 Å². The maximum atomic E-state index is 11.1. The zero-order valence-electron chi connectivity index (χ0n) is 5.96. The molecule has 2 N–H and O–H groups in total. The molecule has 56 valence electrons. The number of hydrogen-bond donors (Lipinski definition) is 1. The van der Waals surface area contributed by atoms with Crippen LogP contribution in [0, 0.1) is 0 Å². The normalized spacial score (nSPS) is 16.8. The molecule has 0 saturated carbocycles. The summed E-state index contributed by atoms with van der Waals surface area (Å²) in [5, 5.41) is 0. The summed E-state index contributed by atoms with van der Waals surface area (Å²) in [6.45, 7) is 0.598. The number of hydrogen-bond acceptors (Lipinski definition) is 3. The molecule has 0 aliphatic heterocycles. The maximum absolute atomic E-state index is 11.1. The highest BCUT2D eigenvalue weighted by molar-refractivity contribution is 7.92. The van der Waals surface area contributed by atoms with Gasteiger partial charge < -0.3 is 5.73 Å². The van der Waals surface area contributed by atoms with Crippen LogP contribution in [0.25, 0.3) is 0 Å². The molecule has 0 aliphatic carbocycles. The first-order valence-electron chi connectivity index (χ1n) is 2.90. The number of nitrogens with two attached hydrogens (primary N) is 1. The van der Waals surface area contributed by atoms with Crippen LogP contribution in [-0.4, -0.2) is 29.8 Å². The van der Waals surface area contributed by atoms with Crippen LogP contribution < -0.4 is 5.73 Å². The Balaban J connectivity index is 3.76. The monoisotopic (exact) mass is 150 g/mol. The molecule has 0 radical (unpaired) electrons. The predicted octanol–water partition coefficient (Wildman–Crippen LogP) is 0.0628. The topological polar surface area (TPSA) is 55.5 Å². The Labute approximate surface area is 56.8 Å². The lowest BCUT2D eigenvalue weighted by atomic mass is 10.5. The summed E-state index contributed by atoms with van der Waals surface area (Å²) in [6, 6.07) is 0. The van der Waals surface area contributed by atoms with Gasteiger partial charge in [-0.05, 0) is 13.0 Å². The molecule has 0 fully saturated rings. The maximum Gasteiger partial charge on any atom is 0.0436 e. The van der Waals surface area contributed by atoms with Crippen molar-refractivity contribution in [3.05, 3.63) is 0 Å². The Bertz CT molecular complexity index is 170. The van der Waals surface area contributed by atoms with Crippen LogP contribution in [0.15, 0.2) is 4.36 Å². The average Bonchev–Trinajstić information content (AvgIpc) is 1.84. The van der Waals surface area contributed by atoms with Gasteiger partial charge in [0, 0.05) is 28.8 Å². The Morgan fingerprint density at radius 2 is 2.22 bits per heavy atom. The number of rotatable bonds is 3. The average molecular weight is 150 g/mol. The quantitative estimate of drug-likeness (QED) is 0.618. The Morgan fingerprint density at radius 3 is 2.56 bits per heavy atom. The largest absolute Gasteiger partial charge is 0.330 e. The second-order valence-corrected chi connectivity index (χ2v) is 4.68. The first-order valence-corrected chi connectivity index (χ1v) is 4.99. The zero-order chi connectivity index (χ0) is 7.33. The van der Waals surface area contributed by atoms with Crippen molar-refractivity contribution in [2.24, 2.45) is 10.1 Å². The molecule has 0 aliphatic rings. The highest BCUT2D eigenvalue weighted by atomic mass is 32.2. The molecule has 4 heteroatoms. The summed E-state index contributed by atoms with van der Waals surface area (Å²) in [5.74, 6) is 0.625. The van der Waals surface area contributed by atoms with Gasteiger partial charge in [-0.3, -0.25) is 4.21 Å². The molecular formula is C5H14N2OS. The van der Waals surface area contributed by atoms with Gasteiger partial charge in [-0.1, -0.05) is 0 Å². The first kappa shape index (κ1) is 8.91. The van der Waals surface area contributed by atoms with Gasteiger partial charge in [0.15, 0.2) is 0 Å². The zero-order valence-corrected chi connectivity index (χ0v) is 6.78. The van der Waals surface area contributed by atoms with E-state index >= 15 is 0 Å². The fourth-order valence-electron chi connectivity index (χ4n) is 0.442. The van der Waals surface area contributed by atoms with E-state index in [2.05, 4.69) is 4.36 Å². The van der Waals surface area contributed by atoms with E-state index in [4.69, 9.17) is 5.73 Å². The minimum absolute atomic E-state index is 0.598. The van der Waals surface area contributed by atoms with E-state index in [1.54, 1.807) is 13.3 Å². The molecule has 1 atom stereocenters. The summed E-state index contributed by atoms with van der Waals surface area (Å²) in [4.78, 5) is 0. The van der Waals surface area contributed by atoms with Gasteiger partial charge >= 0.3 is 0 Å². The third kappa shape index (κ3) is 4.42.